The summed E-state index contributed by atoms with van der Waals surface area (Å²) in [4.78, 5) is 17.6. The zero-order chi connectivity index (χ0) is 17.3. The summed E-state index contributed by atoms with van der Waals surface area (Å²) >= 11 is 0. The molecule has 1 N–H and O–H groups in total. The minimum absolute atomic E-state index is 0.0595. The minimum atomic E-state index is -2.87. The summed E-state index contributed by atoms with van der Waals surface area (Å²) in [5.74, 6) is 0.0595. The molecular formula is C17H17N3O3S. The predicted octanol–water partition coefficient (Wildman–Crippen LogP) is 2.37. The Labute approximate surface area is 139 Å². The summed E-state index contributed by atoms with van der Waals surface area (Å²) in [6.45, 7) is 1.49. The predicted molar refractivity (Wildman–Crippen MR) is 93.2 cm³/mol. The van der Waals surface area contributed by atoms with Crippen LogP contribution in [0.5, 0.6) is 0 Å². The topological polar surface area (TPSA) is 84.6 Å². The molecule has 0 amide bonds. The summed E-state index contributed by atoms with van der Waals surface area (Å²) in [6, 6.07) is 15.5. The van der Waals surface area contributed by atoms with Crippen LogP contribution in [0, 0.1) is 0 Å². The minimum Gasteiger partial charge on any atom is -0.385 e. The average molecular weight is 343 g/mol. The van der Waals surface area contributed by atoms with E-state index in [9.17, 15) is 14.1 Å². The van der Waals surface area contributed by atoms with Crippen LogP contribution in [-0.2, 0) is 9.73 Å². The van der Waals surface area contributed by atoms with Gasteiger partial charge in [-0.25, -0.2) is 9.19 Å². The van der Waals surface area contributed by atoms with Gasteiger partial charge in [-0.3, -0.25) is 4.79 Å². The molecule has 2 atom stereocenters. The van der Waals surface area contributed by atoms with Crippen LogP contribution in [0.1, 0.15) is 18.9 Å². The lowest BCUT2D eigenvalue weighted by Crippen LogP contribution is -2.24. The van der Waals surface area contributed by atoms with Gasteiger partial charge in [-0.15, -0.1) is 4.47 Å². The number of benzene rings is 2. The van der Waals surface area contributed by atoms with Crippen molar-refractivity contribution in [2.24, 2.45) is 4.47 Å². The van der Waals surface area contributed by atoms with Crippen molar-refractivity contribution in [2.45, 2.75) is 17.9 Å². The lowest BCUT2D eigenvalue weighted by atomic mass is 10.2. The second-order valence-electron chi connectivity index (χ2n) is 5.48. The van der Waals surface area contributed by atoms with Gasteiger partial charge in [-0.1, -0.05) is 30.3 Å². The Hall–Kier alpha value is -2.51. The molecule has 7 heteroatoms. The lowest BCUT2D eigenvalue weighted by molar-refractivity contribution is 0.183. The summed E-state index contributed by atoms with van der Waals surface area (Å²) in [5, 5.41) is 10.3. The summed E-state index contributed by atoms with van der Waals surface area (Å²) in [5.41, 5.74) is 0.00849. The van der Waals surface area contributed by atoms with Crippen molar-refractivity contribution >= 4 is 20.6 Å². The molecule has 0 radical (unpaired) electrons. The highest BCUT2D eigenvalue weighted by Crippen LogP contribution is 2.16. The highest BCUT2D eigenvalue weighted by molar-refractivity contribution is 7.93. The standard InChI is InChI=1S/C17H17N3O3S/c1-12(21)16-18-15-11-7-6-10-14(15)17(22)20(16)19-24(2,23)13-8-4-3-5-9-13/h3-12,21H,1-2H3/t12-,24-/m0/s1. The second kappa shape index (κ2) is 6.18. The van der Waals surface area contributed by atoms with Crippen molar-refractivity contribution in [2.75, 3.05) is 6.26 Å². The largest absolute Gasteiger partial charge is 0.385 e. The van der Waals surface area contributed by atoms with Gasteiger partial charge in [0, 0.05) is 11.2 Å². The van der Waals surface area contributed by atoms with Gasteiger partial charge in [-0.05, 0) is 31.2 Å². The summed E-state index contributed by atoms with van der Waals surface area (Å²) < 4.78 is 18.1. The van der Waals surface area contributed by atoms with E-state index in [0.29, 0.717) is 15.8 Å². The molecule has 1 heterocycles. The average Bonchev–Trinajstić information content (AvgIpc) is 2.58. The molecule has 0 aliphatic rings. The van der Waals surface area contributed by atoms with Crippen LogP contribution in [0.2, 0.25) is 0 Å². The Morgan fingerprint density at radius 2 is 1.75 bits per heavy atom. The van der Waals surface area contributed by atoms with Crippen molar-refractivity contribution < 1.29 is 9.32 Å². The van der Waals surface area contributed by atoms with E-state index in [1.54, 1.807) is 48.5 Å². The monoisotopic (exact) mass is 343 g/mol. The fourth-order valence-electron chi connectivity index (χ4n) is 2.37. The number of nitrogens with zero attached hydrogens (tertiary/aromatic N) is 3. The highest BCUT2D eigenvalue weighted by Gasteiger charge is 2.16. The van der Waals surface area contributed by atoms with Gasteiger partial charge >= 0.3 is 0 Å². The number of aromatic nitrogens is 2. The molecule has 0 aliphatic carbocycles. The SMILES string of the molecule is C[C@H](O)c1nc2ccccc2c(=O)n1N=[S@@](C)(=O)c1ccccc1. The Morgan fingerprint density at radius 1 is 1.12 bits per heavy atom. The van der Waals surface area contributed by atoms with Crippen molar-refractivity contribution in [3.05, 3.63) is 70.8 Å². The van der Waals surface area contributed by atoms with E-state index in [4.69, 9.17) is 0 Å². The highest BCUT2D eigenvalue weighted by atomic mass is 32.2. The van der Waals surface area contributed by atoms with E-state index in [1.807, 2.05) is 6.07 Å². The third-order valence-corrected chi connectivity index (χ3v) is 5.19. The van der Waals surface area contributed by atoms with E-state index in [-0.39, 0.29) is 5.82 Å². The van der Waals surface area contributed by atoms with E-state index in [0.717, 1.165) is 4.68 Å². The van der Waals surface area contributed by atoms with Crippen LogP contribution < -0.4 is 5.56 Å². The van der Waals surface area contributed by atoms with Crippen molar-refractivity contribution in [1.29, 1.82) is 0 Å². The molecule has 1 aromatic heterocycles. The van der Waals surface area contributed by atoms with Gasteiger partial charge < -0.3 is 5.11 Å². The van der Waals surface area contributed by atoms with E-state index >= 15 is 0 Å². The number of fused-ring (bicyclic) bond motifs is 1. The molecule has 0 spiro atoms. The molecule has 24 heavy (non-hydrogen) atoms. The first-order valence-electron chi connectivity index (χ1n) is 7.37. The molecule has 2 aromatic carbocycles. The number of hydrogen-bond acceptors (Lipinski definition) is 5. The number of para-hydroxylation sites is 1. The number of aliphatic hydroxyl groups excluding tert-OH is 1. The zero-order valence-corrected chi connectivity index (χ0v) is 14.1. The second-order valence-corrected chi connectivity index (χ2v) is 7.72. The van der Waals surface area contributed by atoms with Crippen LogP contribution in [0.3, 0.4) is 0 Å². The molecule has 3 aromatic rings. The fraction of sp³-hybridized carbons (Fsp3) is 0.176. The van der Waals surface area contributed by atoms with E-state index in [2.05, 4.69) is 9.46 Å². The zero-order valence-electron chi connectivity index (χ0n) is 13.3. The van der Waals surface area contributed by atoms with Gasteiger partial charge in [0.25, 0.3) is 5.56 Å². The molecule has 0 fully saturated rings. The maximum Gasteiger partial charge on any atom is 0.282 e. The smallest absolute Gasteiger partial charge is 0.282 e. The number of aliphatic hydroxyl groups is 1. The molecule has 0 aliphatic heterocycles. The van der Waals surface area contributed by atoms with Crippen LogP contribution in [0.4, 0.5) is 0 Å². The summed E-state index contributed by atoms with van der Waals surface area (Å²) in [6.07, 6.45) is 0.424. The van der Waals surface area contributed by atoms with Crippen molar-refractivity contribution in [1.82, 2.24) is 9.66 Å². The summed E-state index contributed by atoms with van der Waals surface area (Å²) in [7, 11) is -2.87. The third-order valence-electron chi connectivity index (χ3n) is 3.57. The van der Waals surface area contributed by atoms with Crippen LogP contribution in [-0.4, -0.2) is 25.2 Å². The number of rotatable bonds is 3. The maximum atomic E-state index is 13.0. The first kappa shape index (κ1) is 16.4. The Kier molecular flexibility index (Phi) is 4.21. The maximum absolute atomic E-state index is 13.0. The van der Waals surface area contributed by atoms with Gasteiger partial charge in [-0.2, -0.15) is 4.68 Å². The van der Waals surface area contributed by atoms with Crippen molar-refractivity contribution in [3.8, 4) is 0 Å². The molecule has 6 nitrogen and oxygen atoms in total. The molecular weight excluding hydrogens is 326 g/mol. The van der Waals surface area contributed by atoms with Gasteiger partial charge in [0.2, 0.25) is 0 Å². The Bertz CT molecular complexity index is 1070. The van der Waals surface area contributed by atoms with Gasteiger partial charge in [0.05, 0.1) is 20.6 Å². The first-order chi connectivity index (χ1) is 11.4. The Balaban J connectivity index is 2.35. The third kappa shape index (κ3) is 2.95. The normalized spacial score (nSPS) is 15.0. The molecule has 0 bridgehead atoms. The molecule has 3 rings (SSSR count). The quantitative estimate of drug-likeness (QED) is 0.791. The number of hydrogen-bond donors (Lipinski definition) is 1. The van der Waals surface area contributed by atoms with Crippen LogP contribution in [0.15, 0.2) is 68.8 Å². The molecule has 0 saturated heterocycles. The van der Waals surface area contributed by atoms with Gasteiger partial charge in [0.15, 0.2) is 5.82 Å². The Morgan fingerprint density at radius 3 is 2.42 bits per heavy atom. The first-order valence-corrected chi connectivity index (χ1v) is 9.30. The lowest BCUT2D eigenvalue weighted by Gasteiger charge is -2.12. The molecule has 0 saturated carbocycles. The van der Waals surface area contributed by atoms with Crippen LogP contribution in [0.25, 0.3) is 10.9 Å². The van der Waals surface area contributed by atoms with E-state index < -0.39 is 21.4 Å². The van der Waals surface area contributed by atoms with Crippen LogP contribution >= 0.6 is 0 Å². The molecule has 124 valence electrons. The fourth-order valence-corrected chi connectivity index (χ4v) is 3.59. The van der Waals surface area contributed by atoms with E-state index in [1.165, 1.54) is 13.2 Å². The molecule has 0 unspecified atom stereocenters. The van der Waals surface area contributed by atoms with Gasteiger partial charge in [0.1, 0.15) is 6.10 Å². The van der Waals surface area contributed by atoms with Crippen molar-refractivity contribution in [3.63, 3.8) is 0 Å².